The Hall–Kier alpha value is -2.17. The van der Waals surface area contributed by atoms with E-state index in [1.54, 1.807) is 12.3 Å². The summed E-state index contributed by atoms with van der Waals surface area (Å²) in [6.07, 6.45) is 6.06. The van der Waals surface area contributed by atoms with Crippen LogP contribution in [0.2, 0.25) is 0 Å². The molecule has 1 heterocycles. The van der Waals surface area contributed by atoms with Gasteiger partial charge in [0.15, 0.2) is 5.75 Å². The van der Waals surface area contributed by atoms with Gasteiger partial charge in [-0.1, -0.05) is 27.0 Å². The van der Waals surface area contributed by atoms with E-state index in [0.717, 1.165) is 12.8 Å². The molecule has 0 radical (unpaired) electrons. The fraction of sp³-hybridized carbons (Fsp3) is 0.471. The van der Waals surface area contributed by atoms with Crippen LogP contribution in [0.1, 0.15) is 26.7 Å². The molecule has 0 aromatic carbocycles. The summed E-state index contributed by atoms with van der Waals surface area (Å²) in [5, 5.41) is 0. The lowest BCUT2D eigenvalue weighted by molar-refractivity contribution is 0.0724. The predicted octanol–water partition coefficient (Wildman–Crippen LogP) is 3.72. The predicted molar refractivity (Wildman–Crippen MR) is 85.9 cm³/mol. The van der Waals surface area contributed by atoms with Gasteiger partial charge in [-0.05, 0) is 25.0 Å². The normalized spacial score (nSPS) is 12.8. The summed E-state index contributed by atoms with van der Waals surface area (Å²) < 4.78 is 22.1. The van der Waals surface area contributed by atoms with Crippen LogP contribution in [0, 0.1) is 0 Å². The van der Waals surface area contributed by atoms with Crippen LogP contribution in [-0.2, 0) is 9.47 Å². The molecule has 1 aromatic rings. The van der Waals surface area contributed by atoms with E-state index in [-0.39, 0.29) is 12.2 Å². The van der Waals surface area contributed by atoms with Crippen molar-refractivity contribution in [3.05, 3.63) is 44.0 Å². The van der Waals surface area contributed by atoms with Gasteiger partial charge in [0.25, 0.3) is 5.88 Å². The van der Waals surface area contributed by atoms with E-state index < -0.39 is 0 Å². The number of rotatable bonds is 12. The van der Waals surface area contributed by atoms with Crippen LogP contribution < -0.4 is 9.47 Å². The number of hydrogen-bond acceptors (Lipinski definition) is 5. The molecular formula is C17H25NO4. The Bertz CT molecular complexity index is 409. The van der Waals surface area contributed by atoms with Crippen LogP contribution in [-0.4, -0.2) is 30.4 Å². The summed E-state index contributed by atoms with van der Waals surface area (Å²) in [4.78, 5) is 4.21. The molecule has 0 saturated carbocycles. The molecule has 1 rings (SSSR count). The molecule has 0 aliphatic carbocycles. The van der Waals surface area contributed by atoms with Crippen molar-refractivity contribution in [1.82, 2.24) is 4.98 Å². The summed E-state index contributed by atoms with van der Waals surface area (Å²) in [6, 6.07) is 3.62. The SMILES string of the molecule is C=COC(CC)COc1cccnc1OCC(CC)OC=C. The lowest BCUT2D eigenvalue weighted by Crippen LogP contribution is -2.21. The van der Waals surface area contributed by atoms with E-state index >= 15 is 0 Å². The zero-order chi connectivity index (χ0) is 16.2. The lowest BCUT2D eigenvalue weighted by atomic mass is 10.3. The van der Waals surface area contributed by atoms with Crippen LogP contribution in [0.5, 0.6) is 11.6 Å². The van der Waals surface area contributed by atoms with Gasteiger partial charge in [-0.2, -0.15) is 0 Å². The third-order valence-corrected chi connectivity index (χ3v) is 3.05. The van der Waals surface area contributed by atoms with Gasteiger partial charge in [0.1, 0.15) is 25.4 Å². The van der Waals surface area contributed by atoms with Crippen LogP contribution in [0.4, 0.5) is 0 Å². The van der Waals surface area contributed by atoms with Gasteiger partial charge in [-0.25, -0.2) is 4.98 Å². The molecule has 1 aromatic heterocycles. The molecule has 0 amide bonds. The highest BCUT2D eigenvalue weighted by molar-refractivity contribution is 5.32. The number of ether oxygens (including phenoxy) is 4. The van der Waals surface area contributed by atoms with Gasteiger partial charge < -0.3 is 18.9 Å². The molecule has 0 aliphatic rings. The first-order valence-corrected chi connectivity index (χ1v) is 7.48. The number of nitrogens with zero attached hydrogens (tertiary/aromatic N) is 1. The molecule has 5 heteroatoms. The Balaban J connectivity index is 2.60. The van der Waals surface area contributed by atoms with Crippen molar-refractivity contribution in [3.8, 4) is 11.6 Å². The first kappa shape index (κ1) is 17.9. The lowest BCUT2D eigenvalue weighted by Gasteiger charge is -2.18. The molecule has 2 unspecified atom stereocenters. The molecule has 0 spiro atoms. The number of aromatic nitrogens is 1. The summed E-state index contributed by atoms with van der Waals surface area (Å²) in [5.41, 5.74) is 0. The Morgan fingerprint density at radius 1 is 1.05 bits per heavy atom. The van der Waals surface area contributed by atoms with Crippen LogP contribution in [0.25, 0.3) is 0 Å². The van der Waals surface area contributed by atoms with Crippen LogP contribution >= 0.6 is 0 Å². The van der Waals surface area contributed by atoms with E-state index in [1.165, 1.54) is 12.5 Å². The highest BCUT2D eigenvalue weighted by Crippen LogP contribution is 2.24. The summed E-state index contributed by atoms with van der Waals surface area (Å²) >= 11 is 0. The van der Waals surface area contributed by atoms with Gasteiger partial charge in [-0.15, -0.1) is 0 Å². The van der Waals surface area contributed by atoms with Crippen molar-refractivity contribution in [1.29, 1.82) is 0 Å². The Kier molecular flexibility index (Phi) is 8.57. The highest BCUT2D eigenvalue weighted by Gasteiger charge is 2.13. The van der Waals surface area contributed by atoms with E-state index in [1.807, 2.05) is 19.9 Å². The molecule has 122 valence electrons. The zero-order valence-corrected chi connectivity index (χ0v) is 13.4. The van der Waals surface area contributed by atoms with Crippen molar-refractivity contribution in [2.24, 2.45) is 0 Å². The van der Waals surface area contributed by atoms with Gasteiger partial charge in [0.05, 0.1) is 12.5 Å². The van der Waals surface area contributed by atoms with Crippen molar-refractivity contribution in [2.75, 3.05) is 13.2 Å². The Labute approximate surface area is 132 Å². The maximum atomic E-state index is 5.75. The van der Waals surface area contributed by atoms with Gasteiger partial charge in [0, 0.05) is 6.20 Å². The standard InChI is InChI=1S/C17H25NO4/c1-5-14(19-7-3)12-21-16-10-9-11-18-17(16)22-13-15(6-2)20-8-4/h7-11,14-15H,3-6,12-13H2,1-2H3. The van der Waals surface area contributed by atoms with Gasteiger partial charge in [-0.3, -0.25) is 0 Å². The van der Waals surface area contributed by atoms with Crippen molar-refractivity contribution in [2.45, 2.75) is 38.9 Å². The van der Waals surface area contributed by atoms with Crippen molar-refractivity contribution >= 4 is 0 Å². The molecule has 5 nitrogen and oxygen atoms in total. The van der Waals surface area contributed by atoms with E-state index in [9.17, 15) is 0 Å². The van der Waals surface area contributed by atoms with E-state index in [4.69, 9.17) is 18.9 Å². The molecule has 0 fully saturated rings. The maximum absolute atomic E-state index is 5.75. The summed E-state index contributed by atoms with van der Waals surface area (Å²) in [6.45, 7) is 12.0. The highest BCUT2D eigenvalue weighted by atomic mass is 16.6. The minimum atomic E-state index is -0.0557. The number of hydrogen-bond donors (Lipinski definition) is 0. The molecule has 0 aliphatic heterocycles. The third-order valence-electron chi connectivity index (χ3n) is 3.05. The molecule has 22 heavy (non-hydrogen) atoms. The monoisotopic (exact) mass is 307 g/mol. The average Bonchev–Trinajstić information content (AvgIpc) is 2.56. The van der Waals surface area contributed by atoms with Crippen LogP contribution in [0.3, 0.4) is 0 Å². The molecule has 2 atom stereocenters. The summed E-state index contributed by atoms with van der Waals surface area (Å²) in [7, 11) is 0. The largest absolute Gasteiger partial charge is 0.495 e. The molecular weight excluding hydrogens is 282 g/mol. The quantitative estimate of drug-likeness (QED) is 0.551. The minimum Gasteiger partial charge on any atom is -0.495 e. The smallest absolute Gasteiger partial charge is 0.257 e. The molecule has 0 bridgehead atoms. The molecule has 0 N–H and O–H groups in total. The molecule has 0 saturated heterocycles. The second-order valence-corrected chi connectivity index (χ2v) is 4.59. The Morgan fingerprint density at radius 2 is 1.64 bits per heavy atom. The number of pyridine rings is 1. The first-order chi connectivity index (χ1) is 10.7. The second kappa shape index (κ2) is 10.5. The van der Waals surface area contributed by atoms with Crippen molar-refractivity contribution in [3.63, 3.8) is 0 Å². The topological polar surface area (TPSA) is 49.8 Å². The first-order valence-electron chi connectivity index (χ1n) is 7.48. The summed E-state index contributed by atoms with van der Waals surface area (Å²) in [5.74, 6) is 1.03. The maximum Gasteiger partial charge on any atom is 0.257 e. The van der Waals surface area contributed by atoms with Gasteiger partial charge in [0.2, 0.25) is 0 Å². The fourth-order valence-electron chi connectivity index (χ4n) is 1.73. The second-order valence-electron chi connectivity index (χ2n) is 4.59. The van der Waals surface area contributed by atoms with Gasteiger partial charge >= 0.3 is 0 Å². The van der Waals surface area contributed by atoms with Crippen molar-refractivity contribution < 1.29 is 18.9 Å². The minimum absolute atomic E-state index is 0.0435. The van der Waals surface area contributed by atoms with E-state index in [0.29, 0.717) is 24.8 Å². The van der Waals surface area contributed by atoms with E-state index in [2.05, 4.69) is 18.1 Å². The zero-order valence-electron chi connectivity index (χ0n) is 13.4. The third kappa shape index (κ3) is 6.08. The Morgan fingerprint density at radius 3 is 2.18 bits per heavy atom. The van der Waals surface area contributed by atoms with Crippen LogP contribution in [0.15, 0.2) is 44.0 Å². The average molecular weight is 307 g/mol. The fourth-order valence-corrected chi connectivity index (χ4v) is 1.73.